The summed E-state index contributed by atoms with van der Waals surface area (Å²) in [6, 6.07) is 0. The second-order valence-corrected chi connectivity index (χ2v) is 7.07. The smallest absolute Gasteiger partial charge is 0.274 e. The molecule has 0 spiro atoms. The van der Waals surface area contributed by atoms with E-state index in [1.165, 1.54) is 15.7 Å². The Labute approximate surface area is 177 Å². The zero-order valence-corrected chi connectivity index (χ0v) is 17.1. The predicted octanol–water partition coefficient (Wildman–Crippen LogP) is 2.77. The van der Waals surface area contributed by atoms with E-state index in [9.17, 15) is 32.7 Å². The predicted molar refractivity (Wildman–Crippen MR) is 109 cm³/mol. The standard InChI is InChI=1S/C21H24F3N3O4/c1-13(16(24)10-14(23)6-7-22)11-25-20(30)15-12-27-9-5-3-4-8-26(2)21(31)17(27)19(29)18(15)28/h6,10,12,29H,1,3-5,7-9,11H2,2H3,(H,25,30)/b14-6+,16-10+. The van der Waals surface area contributed by atoms with Crippen molar-refractivity contribution >= 4 is 11.8 Å². The van der Waals surface area contributed by atoms with Crippen molar-refractivity contribution in [3.05, 3.63) is 63.6 Å². The van der Waals surface area contributed by atoms with Crippen LogP contribution in [0.25, 0.3) is 0 Å². The number of nitrogens with one attached hydrogen (secondary N) is 1. The molecular formula is C21H24F3N3O4. The minimum atomic E-state index is -1.14. The summed E-state index contributed by atoms with van der Waals surface area (Å²) in [5.41, 5.74) is -1.97. The molecule has 0 bridgehead atoms. The summed E-state index contributed by atoms with van der Waals surface area (Å²) in [4.78, 5) is 39.0. The average Bonchev–Trinajstić information content (AvgIpc) is 2.79. The van der Waals surface area contributed by atoms with Gasteiger partial charge in [-0.2, -0.15) is 0 Å². The van der Waals surface area contributed by atoms with Crippen LogP contribution < -0.4 is 10.7 Å². The third kappa shape index (κ3) is 5.87. The topological polar surface area (TPSA) is 91.6 Å². The van der Waals surface area contributed by atoms with Crippen LogP contribution >= 0.6 is 0 Å². The first-order valence-corrected chi connectivity index (χ1v) is 9.64. The number of aryl methyl sites for hydroxylation is 1. The maximum atomic E-state index is 13.9. The highest BCUT2D eigenvalue weighted by molar-refractivity contribution is 5.98. The third-order valence-corrected chi connectivity index (χ3v) is 4.78. The molecule has 7 nitrogen and oxygen atoms in total. The molecule has 0 saturated carbocycles. The van der Waals surface area contributed by atoms with Crippen molar-refractivity contribution in [3.63, 3.8) is 0 Å². The van der Waals surface area contributed by atoms with Crippen molar-refractivity contribution in [1.29, 1.82) is 0 Å². The number of alkyl halides is 1. The summed E-state index contributed by atoms with van der Waals surface area (Å²) >= 11 is 0. The fourth-order valence-electron chi connectivity index (χ4n) is 3.02. The van der Waals surface area contributed by atoms with Gasteiger partial charge in [0, 0.05) is 39.0 Å². The Kier molecular flexibility index (Phi) is 8.23. The van der Waals surface area contributed by atoms with Crippen LogP contribution in [0.15, 0.2) is 46.9 Å². The Morgan fingerprint density at radius 2 is 1.94 bits per heavy atom. The Hall–Kier alpha value is -3.30. The normalized spacial score (nSPS) is 15.6. The van der Waals surface area contributed by atoms with E-state index in [0.717, 1.165) is 12.8 Å². The molecule has 1 aliphatic rings. The van der Waals surface area contributed by atoms with E-state index in [1.807, 2.05) is 0 Å². The monoisotopic (exact) mass is 439 g/mol. The molecule has 1 aromatic rings. The molecule has 0 unspecified atom stereocenters. The molecule has 0 saturated heterocycles. The summed E-state index contributed by atoms with van der Waals surface area (Å²) < 4.78 is 40.4. The fourth-order valence-corrected chi connectivity index (χ4v) is 3.02. The number of carbonyl (C=O) groups excluding carboxylic acids is 2. The molecule has 2 rings (SSSR count). The van der Waals surface area contributed by atoms with Gasteiger partial charge in [-0.3, -0.25) is 14.4 Å². The summed E-state index contributed by atoms with van der Waals surface area (Å²) in [5.74, 6) is -4.54. The first-order valence-electron chi connectivity index (χ1n) is 9.64. The van der Waals surface area contributed by atoms with Gasteiger partial charge in [-0.15, -0.1) is 0 Å². The van der Waals surface area contributed by atoms with E-state index in [2.05, 4.69) is 11.9 Å². The van der Waals surface area contributed by atoms with E-state index in [-0.39, 0.29) is 11.3 Å². The first kappa shape index (κ1) is 24.0. The quantitative estimate of drug-likeness (QED) is 0.667. The molecule has 0 radical (unpaired) electrons. The Morgan fingerprint density at radius 3 is 2.61 bits per heavy atom. The number of hydrogen-bond donors (Lipinski definition) is 2. The SMILES string of the molecule is C=C(CNC(=O)c1cn2c(c(O)c1=O)C(=O)N(C)CCCCC2)/C(F)=C\C(F)=C/CF. The zero-order chi connectivity index (χ0) is 23.1. The molecule has 168 valence electrons. The number of carbonyl (C=O) groups is 2. The molecule has 0 aliphatic carbocycles. The Morgan fingerprint density at radius 1 is 1.26 bits per heavy atom. The minimum Gasteiger partial charge on any atom is -0.503 e. The molecule has 1 aliphatic heterocycles. The number of aromatic nitrogens is 1. The third-order valence-electron chi connectivity index (χ3n) is 4.78. The summed E-state index contributed by atoms with van der Waals surface area (Å²) in [6.07, 6.45) is 4.37. The average molecular weight is 439 g/mol. The molecule has 0 aromatic carbocycles. The second-order valence-electron chi connectivity index (χ2n) is 7.07. The van der Waals surface area contributed by atoms with Crippen molar-refractivity contribution < 1.29 is 27.9 Å². The number of rotatable bonds is 6. The van der Waals surface area contributed by atoms with E-state index >= 15 is 0 Å². The van der Waals surface area contributed by atoms with Gasteiger partial charge in [0.2, 0.25) is 5.43 Å². The lowest BCUT2D eigenvalue weighted by atomic mass is 10.1. The van der Waals surface area contributed by atoms with Gasteiger partial charge in [-0.1, -0.05) is 6.58 Å². The number of amides is 2. The number of hydrogen-bond acceptors (Lipinski definition) is 4. The molecule has 2 heterocycles. The fraction of sp³-hybridized carbons (Fsp3) is 0.381. The summed E-state index contributed by atoms with van der Waals surface area (Å²) in [7, 11) is 1.56. The van der Waals surface area contributed by atoms with E-state index in [4.69, 9.17) is 0 Å². The first-order chi connectivity index (χ1) is 14.7. The molecule has 2 amide bonds. The number of nitrogens with zero attached hydrogens (tertiary/aromatic N) is 2. The van der Waals surface area contributed by atoms with Crippen molar-refractivity contribution in [2.24, 2.45) is 0 Å². The minimum absolute atomic E-state index is 0.195. The van der Waals surface area contributed by atoms with Gasteiger partial charge >= 0.3 is 0 Å². The lowest BCUT2D eigenvalue weighted by Gasteiger charge is -2.19. The van der Waals surface area contributed by atoms with E-state index in [0.29, 0.717) is 31.7 Å². The lowest BCUT2D eigenvalue weighted by molar-refractivity contribution is 0.0779. The van der Waals surface area contributed by atoms with Crippen LogP contribution in [0.1, 0.15) is 40.1 Å². The molecule has 0 atom stereocenters. The highest BCUT2D eigenvalue weighted by atomic mass is 19.1. The van der Waals surface area contributed by atoms with E-state index < -0.39 is 53.4 Å². The molecule has 0 fully saturated rings. The van der Waals surface area contributed by atoms with Gasteiger partial charge in [0.05, 0.1) is 0 Å². The van der Waals surface area contributed by atoms with Gasteiger partial charge in [0.1, 0.15) is 23.9 Å². The molecule has 2 N–H and O–H groups in total. The lowest BCUT2D eigenvalue weighted by Crippen LogP contribution is -2.35. The van der Waals surface area contributed by atoms with Crippen LogP contribution in [0.4, 0.5) is 13.2 Å². The summed E-state index contributed by atoms with van der Waals surface area (Å²) in [6.45, 7) is 2.58. The molecule has 31 heavy (non-hydrogen) atoms. The zero-order valence-electron chi connectivity index (χ0n) is 17.1. The second kappa shape index (κ2) is 10.6. The number of fused-ring (bicyclic) bond motifs is 1. The van der Waals surface area contributed by atoms with E-state index in [1.54, 1.807) is 7.05 Å². The largest absolute Gasteiger partial charge is 0.503 e. The number of aromatic hydroxyl groups is 1. The maximum Gasteiger partial charge on any atom is 0.274 e. The van der Waals surface area contributed by atoms with Crippen LogP contribution in [-0.2, 0) is 6.54 Å². The van der Waals surface area contributed by atoms with Crippen LogP contribution in [-0.4, -0.2) is 53.2 Å². The van der Waals surface area contributed by atoms with Gasteiger partial charge < -0.3 is 19.9 Å². The highest BCUT2D eigenvalue weighted by Gasteiger charge is 2.26. The van der Waals surface area contributed by atoms with Gasteiger partial charge in [0.15, 0.2) is 11.4 Å². The number of pyridine rings is 1. The van der Waals surface area contributed by atoms with Crippen molar-refractivity contribution in [1.82, 2.24) is 14.8 Å². The van der Waals surface area contributed by atoms with Crippen LogP contribution in [0.5, 0.6) is 5.75 Å². The number of halogens is 3. The molecule has 10 heteroatoms. The highest BCUT2D eigenvalue weighted by Crippen LogP contribution is 2.19. The van der Waals surface area contributed by atoms with Crippen LogP contribution in [0.2, 0.25) is 0 Å². The Bertz CT molecular complexity index is 998. The maximum absolute atomic E-state index is 13.9. The summed E-state index contributed by atoms with van der Waals surface area (Å²) in [5, 5.41) is 12.6. The van der Waals surface area contributed by atoms with Crippen LogP contribution in [0, 0.1) is 0 Å². The number of allylic oxidation sites excluding steroid dienone is 3. The van der Waals surface area contributed by atoms with Gasteiger partial charge in [0.25, 0.3) is 11.8 Å². The van der Waals surface area contributed by atoms with Crippen molar-refractivity contribution in [2.75, 3.05) is 26.8 Å². The Balaban J connectivity index is 2.27. The van der Waals surface area contributed by atoms with Gasteiger partial charge in [-0.05, 0) is 30.9 Å². The van der Waals surface area contributed by atoms with Gasteiger partial charge in [-0.25, -0.2) is 13.2 Å². The van der Waals surface area contributed by atoms with Crippen molar-refractivity contribution in [3.8, 4) is 5.75 Å². The molecule has 1 aromatic heterocycles. The molecular weight excluding hydrogens is 415 g/mol. The van der Waals surface area contributed by atoms with Crippen molar-refractivity contribution in [2.45, 2.75) is 25.8 Å². The van der Waals surface area contributed by atoms with Crippen LogP contribution in [0.3, 0.4) is 0 Å².